The smallest absolute Gasteiger partial charge is 0.225 e. The monoisotopic (exact) mass is 418 g/mol. The van der Waals surface area contributed by atoms with Crippen LogP contribution in [0.4, 0.5) is 0 Å². The van der Waals surface area contributed by atoms with E-state index in [1.807, 2.05) is 30.3 Å². The van der Waals surface area contributed by atoms with Gasteiger partial charge in [-0.15, -0.1) is 11.8 Å². The third-order valence-electron chi connectivity index (χ3n) is 4.26. The lowest BCUT2D eigenvalue weighted by atomic mass is 9.87. The van der Waals surface area contributed by atoms with E-state index in [1.165, 1.54) is 11.8 Å². The fourth-order valence-corrected chi connectivity index (χ4v) is 4.48. The Bertz CT molecular complexity index is 936. The Morgan fingerprint density at radius 3 is 2.63 bits per heavy atom. The first-order chi connectivity index (χ1) is 13.0. The van der Waals surface area contributed by atoms with E-state index < -0.39 is 0 Å². The molecule has 7 heteroatoms. The van der Waals surface area contributed by atoms with Crippen molar-refractivity contribution in [1.82, 2.24) is 5.32 Å². The van der Waals surface area contributed by atoms with Crippen LogP contribution < -0.4 is 10.1 Å². The maximum Gasteiger partial charge on any atom is 0.225 e. The molecule has 0 radical (unpaired) electrons. The van der Waals surface area contributed by atoms with Crippen LogP contribution in [0.5, 0.6) is 5.75 Å². The molecule has 0 bridgehead atoms. The second-order valence-corrected chi connectivity index (χ2v) is 7.79. The van der Waals surface area contributed by atoms with Crippen LogP contribution in [0, 0.1) is 11.3 Å². The molecule has 0 spiro atoms. The van der Waals surface area contributed by atoms with Gasteiger partial charge in [-0.3, -0.25) is 4.79 Å². The van der Waals surface area contributed by atoms with E-state index in [1.54, 1.807) is 19.2 Å². The highest BCUT2D eigenvalue weighted by Gasteiger charge is 2.29. The van der Waals surface area contributed by atoms with Crippen LogP contribution in [0.1, 0.15) is 23.5 Å². The first-order valence-corrected chi connectivity index (χ1v) is 9.90. The second kappa shape index (κ2) is 8.71. The molecule has 0 unspecified atom stereocenters. The lowest BCUT2D eigenvalue weighted by molar-refractivity contribution is -0.120. The van der Waals surface area contributed by atoms with Gasteiger partial charge in [0.25, 0.3) is 0 Å². The number of nitriles is 1. The summed E-state index contributed by atoms with van der Waals surface area (Å²) in [4.78, 5) is 12.2. The Morgan fingerprint density at radius 1 is 1.26 bits per heavy atom. The molecule has 1 N–H and O–H groups in total. The number of ether oxygens (including phenoxy) is 1. The Morgan fingerprint density at radius 2 is 2.00 bits per heavy atom. The number of hydrogen-bond acceptors (Lipinski definition) is 4. The number of methoxy groups -OCH3 is 1. The molecule has 0 saturated heterocycles. The Labute approximate surface area is 172 Å². The van der Waals surface area contributed by atoms with Crippen molar-refractivity contribution in [3.05, 3.63) is 74.2 Å². The standard InChI is InChI=1S/C20H16Cl2N2O2S/c1-26-15-6-3-12(4-7-15)16-9-19(25)24-20(17(16)10-23)27-11-13-2-5-14(21)8-18(13)22/h2-8,16H,9,11H2,1H3,(H,24,25)/t16-/m1/s1. The van der Waals surface area contributed by atoms with E-state index in [-0.39, 0.29) is 18.2 Å². The number of benzene rings is 2. The minimum Gasteiger partial charge on any atom is -0.497 e. The predicted octanol–water partition coefficient (Wildman–Crippen LogP) is 5.27. The number of hydrogen-bond donors (Lipinski definition) is 1. The van der Waals surface area contributed by atoms with Crippen molar-refractivity contribution in [2.75, 3.05) is 7.11 Å². The first kappa shape index (κ1) is 19.6. The lowest BCUT2D eigenvalue weighted by Crippen LogP contribution is -2.30. The topological polar surface area (TPSA) is 62.1 Å². The Balaban J connectivity index is 1.87. The van der Waals surface area contributed by atoms with Crippen LogP contribution in [-0.4, -0.2) is 13.0 Å². The summed E-state index contributed by atoms with van der Waals surface area (Å²) >= 11 is 13.5. The van der Waals surface area contributed by atoms with Gasteiger partial charge in [-0.25, -0.2) is 0 Å². The second-order valence-electron chi connectivity index (χ2n) is 5.96. The summed E-state index contributed by atoms with van der Waals surface area (Å²) in [7, 11) is 1.60. The number of thioether (sulfide) groups is 1. The summed E-state index contributed by atoms with van der Waals surface area (Å²) in [6.07, 6.45) is 0.237. The number of amides is 1. The van der Waals surface area contributed by atoms with Crippen molar-refractivity contribution in [3.63, 3.8) is 0 Å². The molecule has 4 nitrogen and oxygen atoms in total. The van der Waals surface area contributed by atoms with Crippen LogP contribution in [0.25, 0.3) is 0 Å². The number of nitrogens with zero attached hydrogens (tertiary/aromatic N) is 1. The molecule has 3 rings (SSSR count). The maximum atomic E-state index is 12.2. The quantitative estimate of drug-likeness (QED) is 0.717. The van der Waals surface area contributed by atoms with E-state index in [2.05, 4.69) is 11.4 Å². The van der Waals surface area contributed by atoms with Crippen LogP contribution in [0.15, 0.2) is 53.1 Å². The van der Waals surface area contributed by atoms with Gasteiger partial charge in [0.2, 0.25) is 5.91 Å². The Hall–Kier alpha value is -2.13. The average Bonchev–Trinajstić information content (AvgIpc) is 2.67. The zero-order chi connectivity index (χ0) is 19.4. The van der Waals surface area contributed by atoms with Gasteiger partial charge >= 0.3 is 0 Å². The molecule has 2 aromatic carbocycles. The first-order valence-electron chi connectivity index (χ1n) is 8.16. The third kappa shape index (κ3) is 4.59. The molecule has 1 atom stereocenters. The lowest BCUT2D eigenvalue weighted by Gasteiger charge is -2.25. The summed E-state index contributed by atoms with van der Waals surface area (Å²) in [5.41, 5.74) is 2.34. The summed E-state index contributed by atoms with van der Waals surface area (Å²) in [5, 5.41) is 14.2. The molecule has 2 aromatic rings. The SMILES string of the molecule is COc1ccc([C@H]2CC(=O)NC(SCc3ccc(Cl)cc3Cl)=C2C#N)cc1. The summed E-state index contributed by atoms with van der Waals surface area (Å²) < 4.78 is 5.18. The van der Waals surface area contributed by atoms with E-state index in [4.69, 9.17) is 27.9 Å². The normalized spacial score (nSPS) is 16.7. The zero-order valence-corrected chi connectivity index (χ0v) is 16.8. The minimum absolute atomic E-state index is 0.112. The third-order valence-corrected chi connectivity index (χ3v) is 5.91. The largest absolute Gasteiger partial charge is 0.497 e. The van der Waals surface area contributed by atoms with Gasteiger partial charge in [-0.2, -0.15) is 5.26 Å². The van der Waals surface area contributed by atoms with E-state index in [0.717, 1.165) is 16.9 Å². The predicted molar refractivity (Wildman–Crippen MR) is 109 cm³/mol. The molecule has 138 valence electrons. The van der Waals surface area contributed by atoms with E-state index >= 15 is 0 Å². The molecule has 1 aliphatic rings. The van der Waals surface area contributed by atoms with Crippen molar-refractivity contribution in [3.8, 4) is 11.8 Å². The molecule has 1 amide bonds. The molecular formula is C20H16Cl2N2O2S. The zero-order valence-electron chi connectivity index (χ0n) is 14.5. The molecule has 0 aliphatic carbocycles. The highest BCUT2D eigenvalue weighted by Crippen LogP contribution is 2.38. The molecule has 1 heterocycles. The number of allylic oxidation sites excluding steroid dienone is 1. The fourth-order valence-electron chi connectivity index (χ4n) is 2.84. The van der Waals surface area contributed by atoms with Gasteiger partial charge in [0.1, 0.15) is 5.75 Å². The number of halogens is 2. The maximum absolute atomic E-state index is 12.2. The van der Waals surface area contributed by atoms with Gasteiger partial charge in [0.15, 0.2) is 0 Å². The van der Waals surface area contributed by atoms with Crippen molar-refractivity contribution in [2.45, 2.75) is 18.1 Å². The minimum atomic E-state index is -0.280. The number of carbonyl (C=O) groups excluding carboxylic acids is 1. The summed E-state index contributed by atoms with van der Waals surface area (Å²) in [5.74, 6) is 0.859. The summed E-state index contributed by atoms with van der Waals surface area (Å²) in [6, 6.07) is 15.0. The summed E-state index contributed by atoms with van der Waals surface area (Å²) in [6.45, 7) is 0. The van der Waals surface area contributed by atoms with E-state index in [9.17, 15) is 10.1 Å². The van der Waals surface area contributed by atoms with Gasteiger partial charge in [-0.1, -0.05) is 41.4 Å². The number of nitrogens with one attached hydrogen (secondary N) is 1. The molecule has 0 fully saturated rings. The fraction of sp³-hybridized carbons (Fsp3) is 0.200. The van der Waals surface area contributed by atoms with Gasteiger partial charge in [-0.05, 0) is 35.4 Å². The molecule has 0 saturated carbocycles. The number of carbonyl (C=O) groups is 1. The average molecular weight is 419 g/mol. The van der Waals surface area contributed by atoms with Crippen LogP contribution in [0.3, 0.4) is 0 Å². The van der Waals surface area contributed by atoms with Crippen molar-refractivity contribution in [2.24, 2.45) is 0 Å². The highest BCUT2D eigenvalue weighted by atomic mass is 35.5. The molecule has 0 aromatic heterocycles. The van der Waals surface area contributed by atoms with Crippen LogP contribution >= 0.6 is 35.0 Å². The molecular weight excluding hydrogens is 403 g/mol. The van der Waals surface area contributed by atoms with Gasteiger partial charge in [0, 0.05) is 28.1 Å². The van der Waals surface area contributed by atoms with E-state index in [0.29, 0.717) is 26.4 Å². The van der Waals surface area contributed by atoms with Crippen molar-refractivity contribution in [1.29, 1.82) is 5.26 Å². The molecule has 1 aliphatic heterocycles. The van der Waals surface area contributed by atoms with Gasteiger partial charge < -0.3 is 10.1 Å². The Kier molecular flexibility index (Phi) is 6.33. The number of rotatable bonds is 5. The van der Waals surface area contributed by atoms with Crippen LogP contribution in [-0.2, 0) is 10.5 Å². The van der Waals surface area contributed by atoms with Gasteiger partial charge in [0.05, 0.1) is 23.8 Å². The molecule has 27 heavy (non-hydrogen) atoms. The van der Waals surface area contributed by atoms with Crippen molar-refractivity contribution < 1.29 is 9.53 Å². The van der Waals surface area contributed by atoms with Crippen LogP contribution in [0.2, 0.25) is 10.0 Å². The highest BCUT2D eigenvalue weighted by molar-refractivity contribution is 8.02. The van der Waals surface area contributed by atoms with Crippen molar-refractivity contribution >= 4 is 40.9 Å².